The number of rotatable bonds is 7. The van der Waals surface area contributed by atoms with E-state index >= 15 is 0 Å². The molecule has 6 aromatic heterocycles. The summed E-state index contributed by atoms with van der Waals surface area (Å²) >= 11 is 0. The lowest BCUT2D eigenvalue weighted by molar-refractivity contribution is 0.414. The minimum absolute atomic E-state index is 0.917. The third-order valence-electron chi connectivity index (χ3n) is 10.3. The molecule has 10 aromatic rings. The van der Waals surface area contributed by atoms with Crippen molar-refractivity contribution in [1.29, 1.82) is 0 Å². The van der Waals surface area contributed by atoms with Crippen LogP contribution in [0.5, 0.6) is 5.75 Å². The number of hydrogen-bond acceptors (Lipinski definition) is 9. The summed E-state index contributed by atoms with van der Waals surface area (Å²) in [7, 11) is 1.67. The van der Waals surface area contributed by atoms with Crippen LogP contribution in [0.2, 0.25) is 0 Å². The zero-order chi connectivity index (χ0) is 45.9. The number of aryl methyl sites for hydroxylation is 4. The summed E-state index contributed by atoms with van der Waals surface area (Å²) in [5.41, 5.74) is 18.6. The largest absolute Gasteiger partial charge is 0.497 e. The van der Waals surface area contributed by atoms with Crippen molar-refractivity contribution in [3.8, 4) is 72.5 Å². The van der Waals surface area contributed by atoms with Crippen molar-refractivity contribution in [3.63, 3.8) is 0 Å². The Morgan fingerprint density at radius 3 is 0.939 bits per heavy atom. The van der Waals surface area contributed by atoms with E-state index in [1.54, 1.807) is 19.5 Å². The van der Waals surface area contributed by atoms with Crippen molar-refractivity contribution in [2.75, 3.05) is 7.11 Å². The maximum atomic E-state index is 4.97. The van der Waals surface area contributed by atoms with Gasteiger partial charge in [0.1, 0.15) is 18.4 Å². The second kappa shape index (κ2) is 23.2. The molecule has 0 N–H and O–H groups in total. The first-order valence-electron chi connectivity index (χ1n) is 21.4. The van der Waals surface area contributed by atoms with Crippen molar-refractivity contribution < 1.29 is 4.74 Å². The highest BCUT2D eigenvalue weighted by Crippen LogP contribution is 2.30. The third kappa shape index (κ3) is 13.2. The zero-order valence-corrected chi connectivity index (χ0v) is 37.7. The van der Waals surface area contributed by atoms with E-state index in [9.17, 15) is 0 Å². The van der Waals surface area contributed by atoms with Gasteiger partial charge in [0.15, 0.2) is 0 Å². The maximum Gasteiger partial charge on any atom is 0.118 e. The van der Waals surface area contributed by atoms with E-state index in [1.807, 2.05) is 123 Å². The first-order valence-corrected chi connectivity index (χ1v) is 21.4. The molecular formula is C57H50N8O. The fourth-order valence-electron chi connectivity index (χ4n) is 7.08. The highest BCUT2D eigenvalue weighted by atomic mass is 16.5. The molecule has 0 aliphatic carbocycles. The van der Waals surface area contributed by atoms with Gasteiger partial charge in [-0.25, -0.2) is 19.9 Å². The predicted octanol–water partition coefficient (Wildman–Crippen LogP) is 13.2. The number of methoxy groups -OCH3 is 1. The van der Waals surface area contributed by atoms with Crippen LogP contribution in [0.4, 0.5) is 0 Å². The second-order valence-corrected chi connectivity index (χ2v) is 15.5. The van der Waals surface area contributed by atoms with Gasteiger partial charge < -0.3 is 4.74 Å². The monoisotopic (exact) mass is 862 g/mol. The van der Waals surface area contributed by atoms with Crippen LogP contribution in [-0.4, -0.2) is 47.0 Å². The van der Waals surface area contributed by atoms with Crippen molar-refractivity contribution in [2.45, 2.75) is 27.7 Å². The number of ether oxygens (including phenoxy) is 1. The first kappa shape index (κ1) is 45.5. The van der Waals surface area contributed by atoms with Gasteiger partial charge >= 0.3 is 0 Å². The Labute approximate surface area is 387 Å². The van der Waals surface area contributed by atoms with E-state index in [-0.39, 0.29) is 0 Å². The van der Waals surface area contributed by atoms with Crippen molar-refractivity contribution in [3.05, 3.63) is 237 Å². The Balaban J connectivity index is 0.000000135. The summed E-state index contributed by atoms with van der Waals surface area (Å²) < 4.78 is 4.97. The van der Waals surface area contributed by atoms with Crippen LogP contribution in [0.3, 0.4) is 0 Å². The highest BCUT2D eigenvalue weighted by Gasteiger charge is 2.07. The molecule has 0 spiro atoms. The fraction of sp³-hybridized carbons (Fsp3) is 0.0877. The summed E-state index contributed by atoms with van der Waals surface area (Å²) in [5, 5.41) is 0. The lowest BCUT2D eigenvalue weighted by Crippen LogP contribution is -1.87. The molecule has 0 radical (unpaired) electrons. The van der Waals surface area contributed by atoms with E-state index in [0.717, 1.165) is 39.1 Å². The highest BCUT2D eigenvalue weighted by molar-refractivity contribution is 5.75. The van der Waals surface area contributed by atoms with Gasteiger partial charge in [0.05, 0.1) is 7.11 Å². The minimum Gasteiger partial charge on any atom is -0.497 e. The molecule has 0 saturated carbocycles. The first-order chi connectivity index (χ1) is 32.3. The number of hydrogen-bond donors (Lipinski definition) is 0. The zero-order valence-electron chi connectivity index (χ0n) is 37.7. The van der Waals surface area contributed by atoms with Gasteiger partial charge in [0.25, 0.3) is 0 Å². The molecule has 0 bridgehead atoms. The summed E-state index contributed by atoms with van der Waals surface area (Å²) in [5.74, 6) is 0.917. The molecule has 66 heavy (non-hydrogen) atoms. The topological polar surface area (TPSA) is 112 Å². The Bertz CT molecular complexity index is 2550. The normalized spacial score (nSPS) is 10.2. The van der Waals surface area contributed by atoms with Gasteiger partial charge in [-0.05, 0) is 156 Å². The fourth-order valence-corrected chi connectivity index (χ4v) is 7.08. The molecule has 0 unspecified atom stereocenters. The van der Waals surface area contributed by atoms with Crippen LogP contribution in [0, 0.1) is 27.7 Å². The average Bonchev–Trinajstić information content (AvgIpc) is 3.38. The van der Waals surface area contributed by atoms with E-state index < -0.39 is 0 Å². The van der Waals surface area contributed by atoms with Crippen molar-refractivity contribution in [2.24, 2.45) is 0 Å². The molecule has 10 rings (SSSR count). The molecule has 324 valence electrons. The van der Waals surface area contributed by atoms with Crippen molar-refractivity contribution in [1.82, 2.24) is 39.9 Å². The molecule has 0 atom stereocenters. The van der Waals surface area contributed by atoms with E-state index in [4.69, 9.17) is 4.74 Å². The van der Waals surface area contributed by atoms with E-state index in [1.165, 1.54) is 68.3 Å². The SMILES string of the molecule is COc1ccc(C)cc1.Cc1cc(-c2cccnc2)cc(-c2cccnc2)c1.Cc1cc(-c2ccncc2)cc(-c2ccncc2)c1.Cc1cc(-c2cncnc2)cc(-c2cncnc2)c1. The van der Waals surface area contributed by atoms with E-state index in [0.29, 0.717) is 0 Å². The molecule has 0 aliphatic rings. The molecule has 0 aliphatic heterocycles. The number of pyridine rings is 4. The van der Waals surface area contributed by atoms with Crippen LogP contribution in [0.25, 0.3) is 66.8 Å². The van der Waals surface area contributed by atoms with Gasteiger partial charge in [-0.2, -0.15) is 0 Å². The summed E-state index contributed by atoms with van der Waals surface area (Å²) in [4.78, 5) is 32.7. The maximum absolute atomic E-state index is 4.97. The van der Waals surface area contributed by atoms with Gasteiger partial charge in [-0.1, -0.05) is 66.2 Å². The van der Waals surface area contributed by atoms with Crippen LogP contribution >= 0.6 is 0 Å². The lowest BCUT2D eigenvalue weighted by atomic mass is 9.98. The Kier molecular flexibility index (Phi) is 16.0. The van der Waals surface area contributed by atoms with Crippen LogP contribution in [0.1, 0.15) is 22.3 Å². The molecule has 9 nitrogen and oxygen atoms in total. The molecule has 0 amide bonds. The van der Waals surface area contributed by atoms with Gasteiger partial charge in [-0.3, -0.25) is 19.9 Å². The molecule has 6 heterocycles. The Morgan fingerprint density at radius 1 is 0.273 bits per heavy atom. The summed E-state index contributed by atoms with van der Waals surface area (Å²) in [6, 6.07) is 43.6. The number of aromatic nitrogens is 8. The number of benzene rings is 4. The van der Waals surface area contributed by atoms with Crippen LogP contribution < -0.4 is 4.74 Å². The predicted molar refractivity (Wildman–Crippen MR) is 266 cm³/mol. The molecule has 0 fully saturated rings. The molecule has 0 saturated heterocycles. The van der Waals surface area contributed by atoms with Gasteiger partial charge in [0, 0.05) is 96.6 Å². The van der Waals surface area contributed by atoms with Gasteiger partial charge in [0.2, 0.25) is 0 Å². The molecular weight excluding hydrogens is 813 g/mol. The Morgan fingerprint density at radius 2 is 0.606 bits per heavy atom. The smallest absolute Gasteiger partial charge is 0.118 e. The minimum atomic E-state index is 0.917. The average molecular weight is 863 g/mol. The van der Waals surface area contributed by atoms with Crippen LogP contribution in [0.15, 0.2) is 214 Å². The van der Waals surface area contributed by atoms with Gasteiger partial charge in [-0.15, -0.1) is 0 Å². The quantitative estimate of drug-likeness (QED) is 0.155. The molecule has 4 aromatic carbocycles. The standard InChI is InChI=1S/2C17H14N2.C15H12N4.C8H10O/c1-13-10-16(14-2-6-18-7-3-14)12-17(11-13)15-4-8-19-9-5-15;1-13-8-16(14-4-2-6-18-11-14)10-17(9-13)15-5-3-7-19-12-15;1-11-2-12(14-5-16-9-17-6-14)4-13(3-11)15-7-18-10-19-8-15;1-7-3-5-8(9-2)6-4-7/h2*2-12H,1H3;2-10H,1H3;3-6H,1-2H3. The second-order valence-electron chi connectivity index (χ2n) is 15.5. The lowest BCUT2D eigenvalue weighted by Gasteiger charge is -2.08. The number of nitrogens with zero attached hydrogens (tertiary/aromatic N) is 8. The summed E-state index contributed by atoms with van der Waals surface area (Å²) in [6.07, 6.45) is 25.0. The van der Waals surface area contributed by atoms with E-state index in [2.05, 4.69) is 134 Å². The third-order valence-corrected chi connectivity index (χ3v) is 10.3. The Hall–Kier alpha value is -8.56. The summed E-state index contributed by atoms with van der Waals surface area (Å²) in [6.45, 7) is 8.36. The van der Waals surface area contributed by atoms with Crippen molar-refractivity contribution >= 4 is 0 Å². The molecule has 9 heteroatoms. The van der Waals surface area contributed by atoms with Crippen LogP contribution in [-0.2, 0) is 0 Å².